The average Bonchev–Trinajstić information content (AvgIpc) is 2.44. The Kier molecular flexibility index (Phi) is 4.44. The van der Waals surface area contributed by atoms with E-state index >= 15 is 0 Å². The summed E-state index contributed by atoms with van der Waals surface area (Å²) >= 11 is 3.30. The van der Waals surface area contributed by atoms with Crippen LogP contribution in [0.1, 0.15) is 5.69 Å². The molecule has 0 aliphatic heterocycles. The zero-order chi connectivity index (χ0) is 14.7. The van der Waals surface area contributed by atoms with E-state index in [2.05, 4.69) is 25.9 Å². The van der Waals surface area contributed by atoms with Gasteiger partial charge in [0.1, 0.15) is 17.2 Å². The standard InChI is InChI=1S/C14H15BrN2O3/c1-8-5-10(17-14(15)16-8)13-11(19-3)6-9(18-2)7-12(13)20-4/h5-7H,1-4H3. The second kappa shape index (κ2) is 6.09. The van der Waals surface area contributed by atoms with Crippen molar-refractivity contribution in [2.24, 2.45) is 0 Å². The second-order valence-electron chi connectivity index (χ2n) is 4.07. The van der Waals surface area contributed by atoms with Gasteiger partial charge in [0, 0.05) is 17.8 Å². The fourth-order valence-corrected chi connectivity index (χ4v) is 2.39. The Bertz CT molecular complexity index is 587. The van der Waals surface area contributed by atoms with Crippen LogP contribution >= 0.6 is 15.9 Å². The highest BCUT2D eigenvalue weighted by Crippen LogP contribution is 2.41. The first-order valence-electron chi connectivity index (χ1n) is 5.90. The van der Waals surface area contributed by atoms with Gasteiger partial charge in [0.15, 0.2) is 4.73 Å². The van der Waals surface area contributed by atoms with E-state index < -0.39 is 0 Å². The summed E-state index contributed by atoms with van der Waals surface area (Å²) in [5, 5.41) is 0. The molecule has 0 aliphatic carbocycles. The summed E-state index contributed by atoms with van der Waals surface area (Å²) in [6.45, 7) is 1.90. The molecule has 20 heavy (non-hydrogen) atoms. The first-order valence-corrected chi connectivity index (χ1v) is 6.70. The number of methoxy groups -OCH3 is 3. The average molecular weight is 339 g/mol. The van der Waals surface area contributed by atoms with Crippen LogP contribution in [0.5, 0.6) is 17.2 Å². The van der Waals surface area contributed by atoms with Gasteiger partial charge in [-0.2, -0.15) is 0 Å². The predicted molar refractivity (Wildman–Crippen MR) is 79.6 cm³/mol. The fourth-order valence-electron chi connectivity index (χ4n) is 1.92. The van der Waals surface area contributed by atoms with Crippen molar-refractivity contribution in [2.45, 2.75) is 6.92 Å². The number of aryl methyl sites for hydroxylation is 1. The number of rotatable bonds is 4. The molecule has 0 N–H and O–H groups in total. The third kappa shape index (κ3) is 2.85. The number of hydrogen-bond acceptors (Lipinski definition) is 5. The van der Waals surface area contributed by atoms with E-state index in [9.17, 15) is 0 Å². The molecule has 2 aromatic rings. The van der Waals surface area contributed by atoms with Crippen LogP contribution in [0, 0.1) is 6.92 Å². The van der Waals surface area contributed by atoms with Gasteiger partial charge in [0.2, 0.25) is 0 Å². The summed E-state index contributed by atoms with van der Waals surface area (Å²) in [4.78, 5) is 8.59. The quantitative estimate of drug-likeness (QED) is 0.801. The Morgan fingerprint density at radius 3 is 1.95 bits per heavy atom. The highest BCUT2D eigenvalue weighted by atomic mass is 79.9. The predicted octanol–water partition coefficient (Wildman–Crippen LogP) is 3.24. The number of benzene rings is 1. The van der Waals surface area contributed by atoms with Gasteiger partial charge in [-0.1, -0.05) is 0 Å². The van der Waals surface area contributed by atoms with E-state index in [1.165, 1.54) is 0 Å². The molecule has 0 spiro atoms. The Hall–Kier alpha value is -1.82. The van der Waals surface area contributed by atoms with E-state index in [4.69, 9.17) is 14.2 Å². The van der Waals surface area contributed by atoms with Crippen LogP contribution in [-0.2, 0) is 0 Å². The zero-order valence-corrected chi connectivity index (χ0v) is 13.3. The van der Waals surface area contributed by atoms with Crippen molar-refractivity contribution in [3.8, 4) is 28.5 Å². The van der Waals surface area contributed by atoms with E-state index in [0.717, 1.165) is 17.0 Å². The zero-order valence-electron chi connectivity index (χ0n) is 11.7. The topological polar surface area (TPSA) is 53.5 Å². The van der Waals surface area contributed by atoms with Crippen molar-refractivity contribution in [1.82, 2.24) is 9.97 Å². The van der Waals surface area contributed by atoms with Gasteiger partial charge < -0.3 is 14.2 Å². The lowest BCUT2D eigenvalue weighted by molar-refractivity contribution is 0.377. The molecule has 1 heterocycles. The third-order valence-corrected chi connectivity index (χ3v) is 3.15. The van der Waals surface area contributed by atoms with Crippen molar-refractivity contribution < 1.29 is 14.2 Å². The molecule has 5 nitrogen and oxygen atoms in total. The lowest BCUT2D eigenvalue weighted by Crippen LogP contribution is -1.98. The number of aromatic nitrogens is 2. The number of ether oxygens (including phenoxy) is 3. The highest BCUT2D eigenvalue weighted by molar-refractivity contribution is 9.10. The van der Waals surface area contributed by atoms with Crippen LogP contribution in [0.15, 0.2) is 22.9 Å². The number of halogens is 1. The molecule has 0 amide bonds. The van der Waals surface area contributed by atoms with Gasteiger partial charge in [0.25, 0.3) is 0 Å². The van der Waals surface area contributed by atoms with Crippen LogP contribution in [-0.4, -0.2) is 31.3 Å². The normalized spacial score (nSPS) is 10.2. The number of hydrogen-bond donors (Lipinski definition) is 0. The molecule has 0 aliphatic rings. The first kappa shape index (κ1) is 14.6. The van der Waals surface area contributed by atoms with Crippen LogP contribution in [0.4, 0.5) is 0 Å². The maximum absolute atomic E-state index is 5.43. The Labute approximate surface area is 126 Å². The molecular weight excluding hydrogens is 324 g/mol. The maximum Gasteiger partial charge on any atom is 0.197 e. The van der Waals surface area contributed by atoms with Crippen molar-refractivity contribution in [2.75, 3.05) is 21.3 Å². The molecule has 1 aromatic carbocycles. The molecule has 0 unspecified atom stereocenters. The van der Waals surface area contributed by atoms with E-state index in [1.54, 1.807) is 33.5 Å². The van der Waals surface area contributed by atoms with Gasteiger partial charge in [0.05, 0.1) is 32.6 Å². The van der Waals surface area contributed by atoms with Crippen molar-refractivity contribution >= 4 is 15.9 Å². The molecule has 106 valence electrons. The highest BCUT2D eigenvalue weighted by Gasteiger charge is 2.17. The largest absolute Gasteiger partial charge is 0.496 e. The van der Waals surface area contributed by atoms with Gasteiger partial charge >= 0.3 is 0 Å². The summed E-state index contributed by atoms with van der Waals surface area (Å²) in [6, 6.07) is 5.46. The van der Waals surface area contributed by atoms with Gasteiger partial charge in [-0.3, -0.25) is 0 Å². The van der Waals surface area contributed by atoms with Crippen LogP contribution < -0.4 is 14.2 Å². The van der Waals surface area contributed by atoms with Gasteiger partial charge in [-0.05, 0) is 28.9 Å². The lowest BCUT2D eigenvalue weighted by Gasteiger charge is -2.15. The Morgan fingerprint density at radius 2 is 1.50 bits per heavy atom. The second-order valence-corrected chi connectivity index (χ2v) is 4.78. The molecule has 0 saturated heterocycles. The molecule has 2 rings (SSSR count). The van der Waals surface area contributed by atoms with Crippen LogP contribution in [0.3, 0.4) is 0 Å². The van der Waals surface area contributed by atoms with E-state index in [0.29, 0.717) is 22.0 Å². The molecule has 0 saturated carbocycles. The molecule has 6 heteroatoms. The minimum atomic E-state index is 0.521. The fraction of sp³-hybridized carbons (Fsp3) is 0.286. The molecular formula is C14H15BrN2O3. The van der Waals surface area contributed by atoms with Crippen LogP contribution in [0.25, 0.3) is 11.3 Å². The summed E-state index contributed by atoms with van der Waals surface area (Å²) < 4.78 is 16.6. The number of nitrogens with zero attached hydrogens (tertiary/aromatic N) is 2. The molecule has 0 radical (unpaired) electrons. The smallest absolute Gasteiger partial charge is 0.197 e. The summed E-state index contributed by atoms with van der Waals surface area (Å²) in [7, 11) is 4.79. The van der Waals surface area contributed by atoms with Crippen molar-refractivity contribution in [1.29, 1.82) is 0 Å². The summed E-state index contributed by atoms with van der Waals surface area (Å²) in [6.07, 6.45) is 0. The minimum Gasteiger partial charge on any atom is -0.496 e. The SMILES string of the molecule is COc1cc(OC)c(-c2cc(C)nc(Br)n2)c(OC)c1. The first-order chi connectivity index (χ1) is 9.58. The summed E-state index contributed by atoms with van der Waals surface area (Å²) in [5.74, 6) is 1.92. The molecule has 0 atom stereocenters. The van der Waals surface area contributed by atoms with E-state index in [-0.39, 0.29) is 0 Å². The van der Waals surface area contributed by atoms with Crippen molar-refractivity contribution in [3.05, 3.63) is 28.6 Å². The monoisotopic (exact) mass is 338 g/mol. The Morgan fingerprint density at radius 1 is 0.900 bits per heavy atom. The lowest BCUT2D eigenvalue weighted by atomic mass is 10.1. The van der Waals surface area contributed by atoms with Crippen LogP contribution in [0.2, 0.25) is 0 Å². The van der Waals surface area contributed by atoms with E-state index in [1.807, 2.05) is 13.0 Å². The molecule has 0 fully saturated rings. The van der Waals surface area contributed by atoms with Gasteiger partial charge in [-0.15, -0.1) is 0 Å². The minimum absolute atomic E-state index is 0.521. The Balaban J connectivity index is 2.70. The maximum atomic E-state index is 5.43. The molecule has 1 aromatic heterocycles. The summed E-state index contributed by atoms with van der Waals surface area (Å²) in [5.41, 5.74) is 2.34. The van der Waals surface area contributed by atoms with Gasteiger partial charge in [-0.25, -0.2) is 9.97 Å². The third-order valence-electron chi connectivity index (χ3n) is 2.80. The molecule has 0 bridgehead atoms. The van der Waals surface area contributed by atoms with Crippen molar-refractivity contribution in [3.63, 3.8) is 0 Å².